The van der Waals surface area contributed by atoms with Crippen LogP contribution in [0, 0.1) is 27.7 Å². The van der Waals surface area contributed by atoms with Gasteiger partial charge in [0, 0.05) is 17.5 Å². The smallest absolute Gasteiger partial charge is 0.0450 e. The first-order valence-corrected chi connectivity index (χ1v) is 16.1. The van der Waals surface area contributed by atoms with Crippen molar-refractivity contribution in [1.29, 1.82) is 0 Å². The molecule has 8 aromatic rings. The van der Waals surface area contributed by atoms with Crippen LogP contribution in [0.4, 0.5) is 0 Å². The van der Waals surface area contributed by atoms with E-state index in [0.717, 1.165) is 5.69 Å². The third-order valence-electron chi connectivity index (χ3n) is 9.56. The molecule has 0 aliphatic carbocycles. The molecule has 0 fully saturated rings. The Balaban J connectivity index is 1.39. The second-order valence-corrected chi connectivity index (χ2v) is 12.5. The Morgan fingerprint density at radius 2 is 0.826 bits per heavy atom. The predicted octanol–water partition coefficient (Wildman–Crippen LogP) is 12.4. The maximum Gasteiger partial charge on any atom is 0.0450 e. The highest BCUT2D eigenvalue weighted by atomic mass is 14.7. The maximum atomic E-state index is 4.51. The van der Waals surface area contributed by atoms with Crippen molar-refractivity contribution in [3.05, 3.63) is 162 Å². The minimum absolute atomic E-state index is 1.04. The van der Waals surface area contributed by atoms with E-state index in [4.69, 9.17) is 0 Å². The van der Waals surface area contributed by atoms with Crippen LogP contribution in [0.1, 0.15) is 22.4 Å². The van der Waals surface area contributed by atoms with Crippen molar-refractivity contribution >= 4 is 32.3 Å². The number of benzene rings is 7. The minimum atomic E-state index is 1.04. The first-order chi connectivity index (χ1) is 22.5. The van der Waals surface area contributed by atoms with Gasteiger partial charge >= 0.3 is 0 Å². The number of aryl methyl sites for hydroxylation is 4. The predicted molar refractivity (Wildman–Crippen MR) is 197 cm³/mol. The van der Waals surface area contributed by atoms with Crippen LogP contribution in [-0.4, -0.2) is 4.98 Å². The molecule has 0 spiro atoms. The largest absolute Gasteiger partial charge is 0.261 e. The first kappa shape index (κ1) is 28.0. The number of fused-ring (bicyclic) bond motifs is 3. The van der Waals surface area contributed by atoms with E-state index in [-0.39, 0.29) is 0 Å². The van der Waals surface area contributed by atoms with Gasteiger partial charge in [-0.15, -0.1) is 0 Å². The van der Waals surface area contributed by atoms with Crippen molar-refractivity contribution in [2.24, 2.45) is 0 Å². The summed E-state index contributed by atoms with van der Waals surface area (Å²) in [5.74, 6) is 0. The van der Waals surface area contributed by atoms with Gasteiger partial charge < -0.3 is 0 Å². The van der Waals surface area contributed by atoms with Gasteiger partial charge in [-0.05, 0) is 116 Å². The van der Waals surface area contributed by atoms with Crippen LogP contribution in [0.2, 0.25) is 0 Å². The molecule has 0 saturated heterocycles. The molecule has 1 heteroatoms. The van der Waals surface area contributed by atoms with Gasteiger partial charge in [0.1, 0.15) is 0 Å². The first-order valence-electron chi connectivity index (χ1n) is 16.1. The zero-order valence-electron chi connectivity index (χ0n) is 26.7. The molecule has 0 atom stereocenters. The molecule has 0 aliphatic heterocycles. The molecule has 0 radical (unpaired) electrons. The molecular formula is C45H35N. The topological polar surface area (TPSA) is 12.9 Å². The fourth-order valence-corrected chi connectivity index (χ4v) is 7.69. The number of aromatic nitrogens is 1. The summed E-state index contributed by atoms with van der Waals surface area (Å²) in [6.07, 6.45) is 1.86. The van der Waals surface area contributed by atoms with Gasteiger partial charge in [0.2, 0.25) is 0 Å². The molecule has 7 aromatic carbocycles. The standard InChI is InChI=1S/C45H35N/c1-28-26-29(2)43(30(3)27-28)37-18-9-17-36-35(37)16-10-19-38(36)45-41-14-7-5-12-39(41)44(40-13-6-8-15-42(40)45)33-23-21-32(22-24-33)34-20-11-25-46-31(34)4/h5-27H,1-4H3. The van der Waals surface area contributed by atoms with E-state index in [0.29, 0.717) is 0 Å². The summed E-state index contributed by atoms with van der Waals surface area (Å²) in [6, 6.07) is 49.3. The van der Waals surface area contributed by atoms with E-state index < -0.39 is 0 Å². The van der Waals surface area contributed by atoms with Gasteiger partial charge in [0.05, 0.1) is 0 Å². The van der Waals surface area contributed by atoms with Gasteiger partial charge in [-0.1, -0.05) is 133 Å². The quantitative estimate of drug-likeness (QED) is 0.186. The highest BCUT2D eigenvalue weighted by Crippen LogP contribution is 2.46. The molecule has 46 heavy (non-hydrogen) atoms. The van der Waals surface area contributed by atoms with Gasteiger partial charge in [-0.3, -0.25) is 4.98 Å². The second kappa shape index (κ2) is 11.1. The average Bonchev–Trinajstić information content (AvgIpc) is 3.07. The molecule has 1 aromatic heterocycles. The Morgan fingerprint density at radius 1 is 0.370 bits per heavy atom. The van der Waals surface area contributed by atoms with E-state index in [2.05, 4.69) is 160 Å². The molecule has 0 unspecified atom stereocenters. The summed E-state index contributed by atoms with van der Waals surface area (Å²) in [5.41, 5.74) is 15.0. The number of rotatable bonds is 4. The molecule has 220 valence electrons. The molecule has 1 heterocycles. The van der Waals surface area contributed by atoms with Gasteiger partial charge in [0.15, 0.2) is 0 Å². The molecule has 8 rings (SSSR count). The van der Waals surface area contributed by atoms with Crippen LogP contribution < -0.4 is 0 Å². The number of nitrogens with zero attached hydrogens (tertiary/aromatic N) is 1. The van der Waals surface area contributed by atoms with E-state index in [1.54, 1.807) is 0 Å². The van der Waals surface area contributed by atoms with Crippen LogP contribution in [0.3, 0.4) is 0 Å². The Labute approximate surface area is 270 Å². The summed E-state index contributed by atoms with van der Waals surface area (Å²) < 4.78 is 0. The van der Waals surface area contributed by atoms with Crippen LogP contribution >= 0.6 is 0 Å². The molecule has 0 N–H and O–H groups in total. The van der Waals surface area contributed by atoms with E-state index in [1.807, 2.05) is 12.3 Å². The lowest BCUT2D eigenvalue weighted by Gasteiger charge is -2.20. The lowest BCUT2D eigenvalue weighted by molar-refractivity contribution is 1.20. The zero-order chi connectivity index (χ0) is 31.4. The third kappa shape index (κ3) is 4.51. The summed E-state index contributed by atoms with van der Waals surface area (Å²) >= 11 is 0. The fraction of sp³-hybridized carbons (Fsp3) is 0.0889. The average molecular weight is 590 g/mol. The molecule has 0 bridgehead atoms. The van der Waals surface area contributed by atoms with Crippen LogP contribution in [0.5, 0.6) is 0 Å². The van der Waals surface area contributed by atoms with Crippen LogP contribution in [-0.2, 0) is 0 Å². The molecule has 0 amide bonds. The summed E-state index contributed by atoms with van der Waals surface area (Å²) in [7, 11) is 0. The monoisotopic (exact) mass is 589 g/mol. The lowest BCUT2D eigenvalue weighted by atomic mass is 9.83. The van der Waals surface area contributed by atoms with E-state index in [9.17, 15) is 0 Å². The van der Waals surface area contributed by atoms with Gasteiger partial charge in [-0.25, -0.2) is 0 Å². The Kier molecular flexibility index (Phi) is 6.76. The normalized spacial score (nSPS) is 11.5. The maximum absolute atomic E-state index is 4.51. The highest BCUT2D eigenvalue weighted by molar-refractivity contribution is 6.24. The summed E-state index contributed by atoms with van der Waals surface area (Å²) in [4.78, 5) is 4.51. The van der Waals surface area contributed by atoms with E-state index in [1.165, 1.54) is 93.5 Å². The lowest BCUT2D eigenvalue weighted by Crippen LogP contribution is -1.94. The minimum Gasteiger partial charge on any atom is -0.261 e. The molecular weight excluding hydrogens is 555 g/mol. The molecule has 1 nitrogen and oxygen atoms in total. The summed E-state index contributed by atoms with van der Waals surface area (Å²) in [6.45, 7) is 8.73. The Hall–Kier alpha value is -5.53. The number of hydrogen-bond donors (Lipinski definition) is 0. The van der Waals surface area contributed by atoms with Gasteiger partial charge in [-0.2, -0.15) is 0 Å². The molecule has 0 saturated carbocycles. The van der Waals surface area contributed by atoms with Crippen molar-refractivity contribution in [3.8, 4) is 44.5 Å². The number of pyridine rings is 1. The third-order valence-corrected chi connectivity index (χ3v) is 9.56. The van der Waals surface area contributed by atoms with Crippen molar-refractivity contribution < 1.29 is 0 Å². The van der Waals surface area contributed by atoms with Crippen LogP contribution in [0.15, 0.2) is 140 Å². The summed E-state index contributed by atoms with van der Waals surface area (Å²) in [5, 5.41) is 7.62. The van der Waals surface area contributed by atoms with Crippen molar-refractivity contribution in [1.82, 2.24) is 4.98 Å². The fourth-order valence-electron chi connectivity index (χ4n) is 7.69. The SMILES string of the molecule is Cc1cc(C)c(-c2cccc3c(-c4c5ccccc5c(-c5ccc(-c6cccnc6C)cc5)c5ccccc45)cccc23)c(C)c1. The molecule has 0 aliphatic rings. The number of hydrogen-bond acceptors (Lipinski definition) is 1. The second-order valence-electron chi connectivity index (χ2n) is 12.5. The highest BCUT2D eigenvalue weighted by Gasteiger charge is 2.19. The zero-order valence-corrected chi connectivity index (χ0v) is 26.7. The van der Waals surface area contributed by atoms with Crippen molar-refractivity contribution in [2.75, 3.05) is 0 Å². The van der Waals surface area contributed by atoms with E-state index >= 15 is 0 Å². The van der Waals surface area contributed by atoms with Crippen molar-refractivity contribution in [2.45, 2.75) is 27.7 Å². The van der Waals surface area contributed by atoms with Crippen molar-refractivity contribution in [3.63, 3.8) is 0 Å². The van der Waals surface area contributed by atoms with Gasteiger partial charge in [0.25, 0.3) is 0 Å². The van der Waals surface area contributed by atoms with Crippen LogP contribution in [0.25, 0.3) is 76.8 Å². The Morgan fingerprint density at radius 3 is 1.37 bits per heavy atom. The Bertz CT molecular complexity index is 2370.